The number of benzene rings is 4. The number of nitrogens with zero attached hydrogens (tertiary/aromatic N) is 2. The quantitative estimate of drug-likeness (QED) is 0.215. The number of fused-ring (bicyclic) bond motifs is 6. The van der Waals surface area contributed by atoms with Gasteiger partial charge in [-0.1, -0.05) is 60.7 Å². The molecule has 0 aliphatic rings. The first kappa shape index (κ1) is 19.4. The summed E-state index contributed by atoms with van der Waals surface area (Å²) >= 11 is 0. The highest BCUT2D eigenvalue weighted by molar-refractivity contribution is 6.27. The molecule has 8 rings (SSSR count). The van der Waals surface area contributed by atoms with E-state index in [0.29, 0.717) is 5.39 Å². The summed E-state index contributed by atoms with van der Waals surface area (Å²) in [6, 6.07) is 34.9. The van der Waals surface area contributed by atoms with Crippen molar-refractivity contribution in [3.05, 3.63) is 120 Å². The maximum Gasteiger partial charge on any atom is 0.190 e. The molecule has 36 heavy (non-hydrogen) atoms. The van der Waals surface area contributed by atoms with E-state index in [-0.39, 0.29) is 5.43 Å². The van der Waals surface area contributed by atoms with E-state index in [1.165, 1.54) is 10.8 Å². The third-order valence-electron chi connectivity index (χ3n) is 7.31. The molecule has 0 saturated carbocycles. The Balaban J connectivity index is 1.53. The molecule has 8 aromatic rings. The Labute approximate surface area is 205 Å². The highest BCUT2D eigenvalue weighted by Gasteiger charge is 2.20. The number of hydrogen-bond acceptors (Lipinski definition) is 2. The molecule has 4 aromatic heterocycles. The lowest BCUT2D eigenvalue weighted by atomic mass is 9.99. The molecule has 4 heteroatoms. The minimum atomic E-state index is 0.0184. The van der Waals surface area contributed by atoms with E-state index in [0.717, 1.165) is 55.4 Å². The molecule has 1 N–H and O–H groups in total. The molecule has 4 aromatic carbocycles. The Morgan fingerprint density at radius 3 is 2.42 bits per heavy atom. The van der Waals surface area contributed by atoms with Crippen LogP contribution in [0.1, 0.15) is 0 Å². The van der Waals surface area contributed by atoms with Crippen LogP contribution in [-0.4, -0.2) is 14.4 Å². The van der Waals surface area contributed by atoms with Gasteiger partial charge in [0.05, 0.1) is 33.1 Å². The topological polar surface area (TPSA) is 50.2 Å². The second-order valence-corrected chi connectivity index (χ2v) is 9.28. The molecule has 4 nitrogen and oxygen atoms in total. The Kier molecular flexibility index (Phi) is 3.78. The van der Waals surface area contributed by atoms with E-state index in [1.807, 2.05) is 36.5 Å². The molecule has 4 heterocycles. The van der Waals surface area contributed by atoms with Crippen LogP contribution in [0.15, 0.2) is 114 Å². The lowest BCUT2D eigenvalue weighted by Crippen LogP contribution is -2.05. The molecular weight excluding hydrogens is 442 g/mol. The Morgan fingerprint density at radius 1 is 0.667 bits per heavy atom. The van der Waals surface area contributed by atoms with Crippen LogP contribution in [0, 0.1) is 0 Å². The van der Waals surface area contributed by atoms with Crippen molar-refractivity contribution in [1.82, 2.24) is 14.4 Å². The Hall–Kier alpha value is -4.96. The molecule has 0 fully saturated rings. The average Bonchev–Trinajstić information content (AvgIpc) is 3.28. The van der Waals surface area contributed by atoms with E-state index in [9.17, 15) is 4.79 Å². The van der Waals surface area contributed by atoms with Crippen molar-refractivity contribution in [3.8, 4) is 22.5 Å². The van der Waals surface area contributed by atoms with Gasteiger partial charge in [0.25, 0.3) is 0 Å². The second kappa shape index (κ2) is 7.03. The molecule has 0 bridgehead atoms. The van der Waals surface area contributed by atoms with Gasteiger partial charge in [-0.3, -0.25) is 9.78 Å². The number of nitrogens with one attached hydrogen (secondary N) is 1. The first-order valence-electron chi connectivity index (χ1n) is 12.0. The number of pyridine rings is 3. The maximum absolute atomic E-state index is 13.3. The van der Waals surface area contributed by atoms with Crippen molar-refractivity contribution in [2.24, 2.45) is 0 Å². The van der Waals surface area contributed by atoms with Crippen molar-refractivity contribution < 1.29 is 0 Å². The number of rotatable bonds is 2. The van der Waals surface area contributed by atoms with E-state index in [1.54, 1.807) is 6.07 Å². The number of para-hydroxylation sites is 1. The highest BCUT2D eigenvalue weighted by Crippen LogP contribution is 2.41. The fourth-order valence-corrected chi connectivity index (χ4v) is 5.77. The molecule has 0 spiro atoms. The lowest BCUT2D eigenvalue weighted by Gasteiger charge is -2.15. The van der Waals surface area contributed by atoms with E-state index >= 15 is 0 Å². The van der Waals surface area contributed by atoms with Crippen LogP contribution < -0.4 is 5.43 Å². The summed E-state index contributed by atoms with van der Waals surface area (Å²) in [7, 11) is 0. The molecule has 0 atom stereocenters. The van der Waals surface area contributed by atoms with Crippen LogP contribution in [-0.2, 0) is 0 Å². The summed E-state index contributed by atoms with van der Waals surface area (Å²) < 4.78 is 2.26. The monoisotopic (exact) mass is 461 g/mol. The molecule has 0 radical (unpaired) electrons. The van der Waals surface area contributed by atoms with Gasteiger partial charge >= 0.3 is 0 Å². The van der Waals surface area contributed by atoms with Crippen LogP contribution in [0.2, 0.25) is 0 Å². The summed E-state index contributed by atoms with van der Waals surface area (Å²) in [6.45, 7) is 0. The van der Waals surface area contributed by atoms with Gasteiger partial charge in [-0.05, 0) is 53.4 Å². The summed E-state index contributed by atoms with van der Waals surface area (Å²) in [6.07, 6.45) is 1.81. The SMILES string of the molecule is O=c1cccc2c1c1[nH]c(-c3cccc(-c4ccccn4)c3)cc3ccc4c5ccccc5n2c4c31. The van der Waals surface area contributed by atoms with Crippen LogP contribution in [0.4, 0.5) is 0 Å². The van der Waals surface area contributed by atoms with Crippen molar-refractivity contribution in [2.45, 2.75) is 0 Å². The fraction of sp³-hybridized carbons (Fsp3) is 0. The number of aromatic nitrogens is 3. The molecular formula is C32H19N3O. The van der Waals surface area contributed by atoms with Gasteiger partial charge in [0.2, 0.25) is 0 Å². The molecule has 0 amide bonds. The zero-order chi connectivity index (χ0) is 23.8. The molecule has 0 aliphatic carbocycles. The first-order valence-corrected chi connectivity index (χ1v) is 12.0. The summed E-state index contributed by atoms with van der Waals surface area (Å²) in [5.74, 6) is 0. The summed E-state index contributed by atoms with van der Waals surface area (Å²) in [5, 5.41) is 5.29. The number of aromatic amines is 1. The average molecular weight is 462 g/mol. The van der Waals surface area contributed by atoms with E-state index < -0.39 is 0 Å². The van der Waals surface area contributed by atoms with Gasteiger partial charge in [0.15, 0.2) is 5.43 Å². The summed E-state index contributed by atoms with van der Waals surface area (Å²) in [4.78, 5) is 21.5. The number of H-pyrrole nitrogens is 1. The van der Waals surface area contributed by atoms with Crippen LogP contribution in [0.25, 0.3) is 71.5 Å². The third kappa shape index (κ3) is 2.53. The minimum absolute atomic E-state index is 0.0184. The standard InChI is InChI=1S/C32H19N3O/c36-28-13-6-12-27-30(28)31-29-21(14-15-23-22-9-1-2-11-26(22)35(27)32(23)29)18-25(34-31)20-8-5-7-19(17-20)24-10-3-4-16-33-24/h1-18,34H. The Morgan fingerprint density at radius 2 is 1.50 bits per heavy atom. The van der Waals surface area contributed by atoms with Crippen molar-refractivity contribution in [1.29, 1.82) is 0 Å². The van der Waals surface area contributed by atoms with E-state index in [2.05, 4.69) is 81.1 Å². The second-order valence-electron chi connectivity index (χ2n) is 9.28. The zero-order valence-corrected chi connectivity index (χ0v) is 19.2. The molecule has 0 aliphatic heterocycles. The van der Waals surface area contributed by atoms with Gasteiger partial charge in [0.1, 0.15) is 0 Å². The van der Waals surface area contributed by atoms with Gasteiger partial charge in [0, 0.05) is 33.6 Å². The third-order valence-corrected chi connectivity index (χ3v) is 7.31. The lowest BCUT2D eigenvalue weighted by molar-refractivity contribution is 1.32. The predicted molar refractivity (Wildman–Crippen MR) is 148 cm³/mol. The smallest absolute Gasteiger partial charge is 0.190 e. The highest BCUT2D eigenvalue weighted by atomic mass is 16.1. The van der Waals surface area contributed by atoms with Gasteiger partial charge in [-0.15, -0.1) is 0 Å². The largest absolute Gasteiger partial charge is 0.354 e. The molecule has 0 saturated heterocycles. The van der Waals surface area contributed by atoms with Crippen molar-refractivity contribution in [3.63, 3.8) is 0 Å². The van der Waals surface area contributed by atoms with Crippen LogP contribution in [0.3, 0.4) is 0 Å². The van der Waals surface area contributed by atoms with Gasteiger partial charge in [-0.2, -0.15) is 0 Å². The van der Waals surface area contributed by atoms with Gasteiger partial charge < -0.3 is 9.38 Å². The molecule has 0 unspecified atom stereocenters. The fourth-order valence-electron chi connectivity index (χ4n) is 5.77. The number of hydrogen-bond donors (Lipinski definition) is 1. The van der Waals surface area contributed by atoms with Crippen molar-refractivity contribution >= 4 is 49.0 Å². The maximum atomic E-state index is 13.3. The van der Waals surface area contributed by atoms with E-state index in [4.69, 9.17) is 0 Å². The van der Waals surface area contributed by atoms with Crippen LogP contribution in [0.5, 0.6) is 0 Å². The Bertz CT molecular complexity index is 2170. The minimum Gasteiger partial charge on any atom is -0.354 e. The summed E-state index contributed by atoms with van der Waals surface area (Å²) in [5.41, 5.74) is 8.08. The van der Waals surface area contributed by atoms with Crippen LogP contribution >= 0.6 is 0 Å². The molecule has 168 valence electrons. The predicted octanol–water partition coefficient (Wildman–Crippen LogP) is 7.41. The zero-order valence-electron chi connectivity index (χ0n) is 19.2. The normalized spacial score (nSPS) is 12.0. The van der Waals surface area contributed by atoms with Crippen molar-refractivity contribution in [2.75, 3.05) is 0 Å². The first-order chi connectivity index (χ1) is 17.8. The van der Waals surface area contributed by atoms with Gasteiger partial charge in [-0.25, -0.2) is 0 Å².